The molecule has 2 rings (SSSR count). The van der Waals surface area contributed by atoms with E-state index in [9.17, 15) is 8.78 Å². The van der Waals surface area contributed by atoms with Crippen LogP contribution in [0.3, 0.4) is 0 Å². The van der Waals surface area contributed by atoms with Crippen LogP contribution in [0.1, 0.15) is 5.82 Å². The van der Waals surface area contributed by atoms with E-state index in [4.69, 9.17) is 11.6 Å². The molecule has 0 bridgehead atoms. The van der Waals surface area contributed by atoms with Gasteiger partial charge in [-0.1, -0.05) is 0 Å². The van der Waals surface area contributed by atoms with E-state index in [-0.39, 0.29) is 16.2 Å². The van der Waals surface area contributed by atoms with Gasteiger partial charge in [0.25, 0.3) is 0 Å². The van der Waals surface area contributed by atoms with Gasteiger partial charge in [0, 0.05) is 5.56 Å². The molecule has 0 spiro atoms. The number of aromatic amines is 1. The summed E-state index contributed by atoms with van der Waals surface area (Å²) in [6.45, 7) is 0. The van der Waals surface area contributed by atoms with E-state index in [2.05, 4.69) is 31.1 Å². The molecule has 7 heteroatoms. The molecule has 0 aliphatic carbocycles. The first-order chi connectivity index (χ1) is 7.63. The molecular weight excluding hydrogens is 303 g/mol. The van der Waals surface area contributed by atoms with Gasteiger partial charge in [-0.05, 0) is 28.1 Å². The maximum Gasteiger partial charge on any atom is 0.182 e. The van der Waals surface area contributed by atoms with Crippen LogP contribution < -0.4 is 0 Å². The molecule has 0 saturated carbocycles. The lowest BCUT2D eigenvalue weighted by molar-refractivity contribution is 0.504. The largest absolute Gasteiger partial charge is 0.262 e. The number of halogens is 4. The van der Waals surface area contributed by atoms with Crippen LogP contribution in [0.2, 0.25) is 0 Å². The van der Waals surface area contributed by atoms with Crippen LogP contribution in [0.25, 0.3) is 11.4 Å². The quantitative estimate of drug-likeness (QED) is 0.683. The Morgan fingerprint density at radius 3 is 2.75 bits per heavy atom. The van der Waals surface area contributed by atoms with Crippen LogP contribution in [0.4, 0.5) is 8.78 Å². The molecule has 0 aliphatic rings. The SMILES string of the molecule is Fc1ccc(-c2n[nH]c(CCl)n2)c(Br)c1F. The van der Waals surface area contributed by atoms with Gasteiger partial charge in [0.15, 0.2) is 17.5 Å². The molecule has 1 aromatic carbocycles. The third-order valence-corrected chi connectivity index (χ3v) is 2.96. The summed E-state index contributed by atoms with van der Waals surface area (Å²) >= 11 is 8.50. The first-order valence-corrected chi connectivity index (χ1v) is 5.57. The highest BCUT2D eigenvalue weighted by Crippen LogP contribution is 2.29. The van der Waals surface area contributed by atoms with Crippen LogP contribution >= 0.6 is 27.5 Å². The van der Waals surface area contributed by atoms with E-state index in [1.54, 1.807) is 0 Å². The van der Waals surface area contributed by atoms with Gasteiger partial charge in [-0.25, -0.2) is 13.8 Å². The predicted octanol–water partition coefficient (Wildman–Crippen LogP) is 3.25. The van der Waals surface area contributed by atoms with E-state index in [1.165, 1.54) is 6.07 Å². The monoisotopic (exact) mass is 307 g/mol. The summed E-state index contributed by atoms with van der Waals surface area (Å²) in [6.07, 6.45) is 0. The van der Waals surface area contributed by atoms with Crippen molar-refractivity contribution in [2.45, 2.75) is 5.88 Å². The molecule has 0 fully saturated rings. The molecule has 1 aromatic heterocycles. The molecule has 0 aliphatic heterocycles. The molecule has 2 aromatic rings. The summed E-state index contributed by atoms with van der Waals surface area (Å²) in [7, 11) is 0. The van der Waals surface area contributed by atoms with E-state index in [1.807, 2.05) is 0 Å². The Kier molecular flexibility index (Phi) is 3.20. The zero-order chi connectivity index (χ0) is 11.7. The van der Waals surface area contributed by atoms with Crippen molar-refractivity contribution >= 4 is 27.5 Å². The maximum absolute atomic E-state index is 13.3. The van der Waals surface area contributed by atoms with Gasteiger partial charge in [-0.2, -0.15) is 5.10 Å². The summed E-state index contributed by atoms with van der Waals surface area (Å²) in [5, 5.41) is 6.43. The van der Waals surface area contributed by atoms with Gasteiger partial charge in [0.05, 0.1) is 10.4 Å². The van der Waals surface area contributed by atoms with Gasteiger partial charge >= 0.3 is 0 Å². The van der Waals surface area contributed by atoms with Crippen LogP contribution in [-0.2, 0) is 5.88 Å². The number of rotatable bonds is 2. The highest BCUT2D eigenvalue weighted by atomic mass is 79.9. The zero-order valence-electron chi connectivity index (χ0n) is 7.77. The normalized spacial score (nSPS) is 10.8. The molecule has 0 unspecified atom stereocenters. The summed E-state index contributed by atoms with van der Waals surface area (Å²) in [4.78, 5) is 4.01. The Labute approximate surface area is 103 Å². The predicted molar refractivity (Wildman–Crippen MR) is 59.0 cm³/mol. The minimum Gasteiger partial charge on any atom is -0.262 e. The van der Waals surface area contributed by atoms with E-state index >= 15 is 0 Å². The second-order valence-corrected chi connectivity index (χ2v) is 4.02. The second kappa shape index (κ2) is 4.47. The van der Waals surface area contributed by atoms with Crippen LogP contribution in [-0.4, -0.2) is 15.2 Å². The Bertz CT molecular complexity index is 529. The summed E-state index contributed by atoms with van der Waals surface area (Å²) in [5.74, 6) is -0.984. The number of hydrogen-bond donors (Lipinski definition) is 1. The number of nitrogens with one attached hydrogen (secondary N) is 1. The van der Waals surface area contributed by atoms with Crippen LogP contribution in [0, 0.1) is 11.6 Å². The summed E-state index contributed by atoms with van der Waals surface area (Å²) in [6, 6.07) is 2.41. The smallest absolute Gasteiger partial charge is 0.182 e. The first-order valence-electron chi connectivity index (χ1n) is 4.24. The van der Waals surface area contributed by atoms with Crippen molar-refractivity contribution in [2.24, 2.45) is 0 Å². The topological polar surface area (TPSA) is 41.6 Å². The molecule has 1 heterocycles. The molecule has 84 valence electrons. The average molecular weight is 309 g/mol. The fourth-order valence-electron chi connectivity index (χ4n) is 1.17. The highest BCUT2D eigenvalue weighted by Gasteiger charge is 2.15. The zero-order valence-corrected chi connectivity index (χ0v) is 10.1. The molecule has 0 atom stereocenters. The fourth-order valence-corrected chi connectivity index (χ4v) is 1.79. The third-order valence-electron chi connectivity index (χ3n) is 1.93. The number of benzene rings is 1. The lowest BCUT2D eigenvalue weighted by atomic mass is 10.2. The molecule has 3 nitrogen and oxygen atoms in total. The minimum atomic E-state index is -0.963. The van der Waals surface area contributed by atoms with E-state index < -0.39 is 11.6 Å². The van der Waals surface area contributed by atoms with Gasteiger partial charge in [-0.3, -0.25) is 5.10 Å². The van der Waals surface area contributed by atoms with Gasteiger partial charge in [0.1, 0.15) is 5.82 Å². The molecule has 0 saturated heterocycles. The van der Waals surface area contributed by atoms with Gasteiger partial charge < -0.3 is 0 Å². The van der Waals surface area contributed by atoms with Crippen molar-refractivity contribution < 1.29 is 8.78 Å². The Morgan fingerprint density at radius 2 is 2.12 bits per heavy atom. The molecule has 0 radical (unpaired) electrons. The third kappa shape index (κ3) is 1.94. The molecule has 16 heavy (non-hydrogen) atoms. The summed E-state index contributed by atoms with van der Waals surface area (Å²) < 4.78 is 26.1. The Morgan fingerprint density at radius 1 is 1.38 bits per heavy atom. The van der Waals surface area contributed by atoms with Gasteiger partial charge in [0.2, 0.25) is 0 Å². The van der Waals surface area contributed by atoms with Crippen molar-refractivity contribution in [1.82, 2.24) is 15.2 Å². The number of alkyl halides is 1. The average Bonchev–Trinajstić information content (AvgIpc) is 2.74. The lowest BCUT2D eigenvalue weighted by Crippen LogP contribution is -1.90. The van der Waals surface area contributed by atoms with Crippen molar-refractivity contribution in [3.8, 4) is 11.4 Å². The highest BCUT2D eigenvalue weighted by molar-refractivity contribution is 9.10. The Balaban J connectivity index is 2.52. The van der Waals surface area contributed by atoms with Gasteiger partial charge in [-0.15, -0.1) is 11.6 Å². The van der Waals surface area contributed by atoms with Crippen LogP contribution in [0.5, 0.6) is 0 Å². The first kappa shape index (κ1) is 11.5. The number of nitrogens with zero attached hydrogens (tertiary/aromatic N) is 2. The van der Waals surface area contributed by atoms with Crippen molar-refractivity contribution in [3.63, 3.8) is 0 Å². The van der Waals surface area contributed by atoms with Crippen molar-refractivity contribution in [3.05, 3.63) is 34.1 Å². The summed E-state index contributed by atoms with van der Waals surface area (Å²) in [5.41, 5.74) is 0.367. The van der Waals surface area contributed by atoms with E-state index in [0.717, 1.165) is 6.07 Å². The second-order valence-electron chi connectivity index (χ2n) is 2.96. The lowest BCUT2D eigenvalue weighted by Gasteiger charge is -2.01. The number of aromatic nitrogens is 3. The van der Waals surface area contributed by atoms with Crippen molar-refractivity contribution in [2.75, 3.05) is 0 Å². The minimum absolute atomic E-state index is 0.00683. The Hall–Kier alpha value is -1.01. The number of H-pyrrole nitrogens is 1. The standard InChI is InChI=1S/C9H5BrClF2N3/c10-7-4(1-2-5(12)8(7)13)9-14-6(3-11)15-16-9/h1-2H,3H2,(H,14,15,16). The van der Waals surface area contributed by atoms with E-state index in [0.29, 0.717) is 11.4 Å². The number of hydrogen-bond acceptors (Lipinski definition) is 2. The fraction of sp³-hybridized carbons (Fsp3) is 0.111. The van der Waals surface area contributed by atoms with Crippen LogP contribution in [0.15, 0.2) is 16.6 Å². The maximum atomic E-state index is 13.3. The molecule has 1 N–H and O–H groups in total. The van der Waals surface area contributed by atoms with Crippen molar-refractivity contribution in [1.29, 1.82) is 0 Å². The molecule has 0 amide bonds. The molecular formula is C9H5BrClF2N3.